The fourth-order valence-electron chi connectivity index (χ4n) is 3.03. The first-order chi connectivity index (χ1) is 15.5. The number of hydrogen-bond donors (Lipinski definition) is 1. The summed E-state index contributed by atoms with van der Waals surface area (Å²) >= 11 is 1.30. The summed E-state index contributed by atoms with van der Waals surface area (Å²) in [7, 11) is 1.33. The molecule has 0 aliphatic heterocycles. The van der Waals surface area contributed by atoms with Crippen LogP contribution in [0.2, 0.25) is 0 Å². The highest BCUT2D eigenvalue weighted by atomic mass is 32.2. The maximum atomic E-state index is 12.6. The number of methoxy groups -OCH3 is 1. The molecule has 0 amide bonds. The Balaban J connectivity index is 1.51. The van der Waals surface area contributed by atoms with E-state index in [1.165, 1.54) is 35.5 Å². The van der Waals surface area contributed by atoms with Crippen LogP contribution in [0.4, 0.5) is 0 Å². The molecule has 0 saturated carbocycles. The fraction of sp³-hybridized carbons (Fsp3) is 0.130. The van der Waals surface area contributed by atoms with E-state index in [2.05, 4.69) is 14.8 Å². The van der Waals surface area contributed by atoms with Crippen molar-refractivity contribution < 1.29 is 19.1 Å². The smallest absolute Gasteiger partial charge is 0.356 e. The molecule has 0 aliphatic carbocycles. The summed E-state index contributed by atoms with van der Waals surface area (Å²) in [5.74, 6) is -0.807. The Morgan fingerprint density at radius 1 is 1.06 bits per heavy atom. The van der Waals surface area contributed by atoms with Crippen LogP contribution < -0.4 is 5.56 Å². The molecule has 0 spiro atoms. The molecule has 9 heteroatoms. The van der Waals surface area contributed by atoms with E-state index in [1.807, 2.05) is 54.6 Å². The molecular formula is C23H19N3O5S. The summed E-state index contributed by atoms with van der Waals surface area (Å²) in [6.07, 6.45) is 0. The molecule has 162 valence electrons. The summed E-state index contributed by atoms with van der Waals surface area (Å²) in [6.45, 7) is 0.0101. The minimum Gasteiger partial charge on any atom is -0.468 e. The molecule has 1 N–H and O–H groups in total. The van der Waals surface area contributed by atoms with Crippen LogP contribution in [-0.4, -0.2) is 39.4 Å². The van der Waals surface area contributed by atoms with Crippen molar-refractivity contribution in [1.82, 2.24) is 14.6 Å². The lowest BCUT2D eigenvalue weighted by Crippen LogP contribution is -2.15. The number of aromatic nitrogens is 3. The van der Waals surface area contributed by atoms with Gasteiger partial charge in [0.15, 0.2) is 5.65 Å². The van der Waals surface area contributed by atoms with Crippen LogP contribution in [0.1, 0.15) is 16.1 Å². The molecule has 2 aromatic carbocycles. The maximum Gasteiger partial charge on any atom is 0.356 e. The number of carbonyl (C=O) groups is 2. The Labute approximate surface area is 187 Å². The third kappa shape index (κ3) is 4.73. The number of nitrogens with one attached hydrogen (secondary N) is 1. The van der Waals surface area contributed by atoms with Crippen molar-refractivity contribution in [3.05, 3.63) is 88.3 Å². The molecule has 0 atom stereocenters. The summed E-state index contributed by atoms with van der Waals surface area (Å²) in [5, 5.41) is 2.74. The van der Waals surface area contributed by atoms with E-state index in [1.54, 1.807) is 0 Å². The second kappa shape index (κ2) is 9.52. The van der Waals surface area contributed by atoms with Gasteiger partial charge >= 0.3 is 11.9 Å². The van der Waals surface area contributed by atoms with Gasteiger partial charge < -0.3 is 9.47 Å². The number of benzene rings is 2. The van der Waals surface area contributed by atoms with Gasteiger partial charge in [0.05, 0.1) is 18.6 Å². The number of esters is 2. The SMILES string of the molecule is COC(=O)CSc1ccccc1COC(=O)c1cc2nc(-c3ccccc3)cc(=O)n2[nH]1. The predicted molar refractivity (Wildman–Crippen MR) is 120 cm³/mol. The standard InChI is InChI=1S/C23H19N3O5S/c1-30-22(28)14-32-19-10-6-5-9-16(19)13-31-23(29)18-11-20-24-17(12-21(27)26(20)25-18)15-7-3-2-4-8-15/h2-12,25H,13-14H2,1H3. The first-order valence-electron chi connectivity index (χ1n) is 9.68. The van der Waals surface area contributed by atoms with Crippen LogP contribution in [0.3, 0.4) is 0 Å². The van der Waals surface area contributed by atoms with E-state index < -0.39 is 5.97 Å². The first kappa shape index (κ1) is 21.4. The first-order valence-corrected chi connectivity index (χ1v) is 10.7. The van der Waals surface area contributed by atoms with Gasteiger partial charge in [-0.2, -0.15) is 0 Å². The molecule has 4 rings (SSSR count). The third-order valence-corrected chi connectivity index (χ3v) is 5.73. The number of ether oxygens (including phenoxy) is 2. The van der Waals surface area contributed by atoms with Crippen molar-refractivity contribution in [2.24, 2.45) is 0 Å². The summed E-state index contributed by atoms with van der Waals surface area (Å²) < 4.78 is 11.3. The average Bonchev–Trinajstić information content (AvgIpc) is 3.27. The summed E-state index contributed by atoms with van der Waals surface area (Å²) in [6, 6.07) is 19.5. The largest absolute Gasteiger partial charge is 0.468 e. The van der Waals surface area contributed by atoms with Crippen molar-refractivity contribution in [3.8, 4) is 11.3 Å². The van der Waals surface area contributed by atoms with Gasteiger partial charge in [0, 0.05) is 28.2 Å². The Morgan fingerprint density at radius 2 is 1.81 bits per heavy atom. The zero-order valence-electron chi connectivity index (χ0n) is 17.1. The highest BCUT2D eigenvalue weighted by molar-refractivity contribution is 8.00. The molecular weight excluding hydrogens is 430 g/mol. The van der Waals surface area contributed by atoms with E-state index in [0.717, 1.165) is 16.0 Å². The number of rotatable bonds is 7. The molecule has 0 saturated heterocycles. The van der Waals surface area contributed by atoms with Crippen LogP contribution >= 0.6 is 11.8 Å². The zero-order chi connectivity index (χ0) is 22.5. The van der Waals surface area contributed by atoms with Crippen molar-refractivity contribution >= 4 is 29.3 Å². The number of hydrogen-bond acceptors (Lipinski definition) is 7. The zero-order valence-corrected chi connectivity index (χ0v) is 17.9. The highest BCUT2D eigenvalue weighted by Gasteiger charge is 2.15. The molecule has 2 aromatic heterocycles. The Bertz CT molecular complexity index is 1330. The molecule has 2 heterocycles. The van der Waals surface area contributed by atoms with Gasteiger partial charge in [-0.05, 0) is 6.07 Å². The van der Waals surface area contributed by atoms with Gasteiger partial charge in [-0.3, -0.25) is 14.7 Å². The Hall–Kier alpha value is -3.85. The van der Waals surface area contributed by atoms with E-state index in [9.17, 15) is 14.4 Å². The third-order valence-electron chi connectivity index (χ3n) is 4.64. The molecule has 0 fully saturated rings. The topological polar surface area (TPSA) is 103 Å². The second-order valence-electron chi connectivity index (χ2n) is 6.76. The van der Waals surface area contributed by atoms with Gasteiger partial charge in [0.2, 0.25) is 0 Å². The number of H-pyrrole nitrogens is 1. The van der Waals surface area contributed by atoms with Crippen molar-refractivity contribution in [2.45, 2.75) is 11.5 Å². The van der Waals surface area contributed by atoms with Gasteiger partial charge in [-0.15, -0.1) is 11.8 Å². The van der Waals surface area contributed by atoms with E-state index >= 15 is 0 Å². The Kier molecular flexibility index (Phi) is 6.37. The average molecular weight is 449 g/mol. The lowest BCUT2D eigenvalue weighted by molar-refractivity contribution is -0.137. The molecule has 0 radical (unpaired) electrons. The summed E-state index contributed by atoms with van der Waals surface area (Å²) in [4.78, 5) is 41.8. The Morgan fingerprint density at radius 3 is 2.59 bits per heavy atom. The number of carbonyl (C=O) groups excluding carboxylic acids is 2. The van der Waals surface area contributed by atoms with Crippen LogP contribution in [0.15, 0.2) is 76.4 Å². The van der Waals surface area contributed by atoms with Crippen molar-refractivity contribution in [2.75, 3.05) is 12.9 Å². The van der Waals surface area contributed by atoms with Crippen LogP contribution in [-0.2, 0) is 20.9 Å². The second-order valence-corrected chi connectivity index (χ2v) is 7.77. The monoisotopic (exact) mass is 449 g/mol. The quantitative estimate of drug-likeness (QED) is 0.341. The molecule has 32 heavy (non-hydrogen) atoms. The molecule has 0 bridgehead atoms. The number of nitrogens with zero attached hydrogens (tertiary/aromatic N) is 2. The lowest BCUT2D eigenvalue weighted by atomic mass is 10.1. The van der Waals surface area contributed by atoms with E-state index in [4.69, 9.17) is 4.74 Å². The lowest BCUT2D eigenvalue weighted by Gasteiger charge is -2.09. The molecule has 0 unspecified atom stereocenters. The molecule has 4 aromatic rings. The predicted octanol–water partition coefficient (Wildman–Crippen LogP) is 3.31. The molecule has 8 nitrogen and oxygen atoms in total. The van der Waals surface area contributed by atoms with E-state index in [0.29, 0.717) is 11.3 Å². The van der Waals surface area contributed by atoms with Crippen molar-refractivity contribution in [1.29, 1.82) is 0 Å². The van der Waals surface area contributed by atoms with E-state index in [-0.39, 0.29) is 29.6 Å². The maximum absolute atomic E-state index is 12.6. The fourth-order valence-corrected chi connectivity index (χ4v) is 3.91. The van der Waals surface area contributed by atoms with Crippen molar-refractivity contribution in [3.63, 3.8) is 0 Å². The number of fused-ring (bicyclic) bond motifs is 1. The van der Waals surface area contributed by atoms with Crippen LogP contribution in [0.5, 0.6) is 0 Å². The summed E-state index contributed by atoms with van der Waals surface area (Å²) in [5.41, 5.74) is 2.17. The minimum absolute atomic E-state index is 0.0101. The molecule has 0 aliphatic rings. The number of thioether (sulfide) groups is 1. The van der Waals surface area contributed by atoms with Crippen LogP contribution in [0.25, 0.3) is 16.9 Å². The van der Waals surface area contributed by atoms with Gasteiger partial charge in [-0.1, -0.05) is 48.5 Å². The minimum atomic E-state index is -0.621. The van der Waals surface area contributed by atoms with Gasteiger partial charge in [0.1, 0.15) is 12.3 Å². The van der Waals surface area contributed by atoms with Gasteiger partial charge in [-0.25, -0.2) is 14.3 Å². The normalized spacial score (nSPS) is 10.8. The highest BCUT2D eigenvalue weighted by Crippen LogP contribution is 2.24. The van der Waals surface area contributed by atoms with Gasteiger partial charge in [0.25, 0.3) is 5.56 Å². The number of aromatic amines is 1. The van der Waals surface area contributed by atoms with Crippen LogP contribution in [0, 0.1) is 0 Å².